The second-order valence-electron chi connectivity index (χ2n) is 8.15. The van der Waals surface area contributed by atoms with Gasteiger partial charge in [-0.25, -0.2) is 4.79 Å². The van der Waals surface area contributed by atoms with Gasteiger partial charge in [-0.05, 0) is 72.5 Å². The molecule has 0 heterocycles. The quantitative estimate of drug-likeness (QED) is 0.539. The van der Waals surface area contributed by atoms with Gasteiger partial charge in [0.15, 0.2) is 6.61 Å². The van der Waals surface area contributed by atoms with Crippen LogP contribution in [0.15, 0.2) is 36.4 Å². The third-order valence-corrected chi connectivity index (χ3v) is 4.74. The Morgan fingerprint density at radius 2 is 1.37 bits per heavy atom. The average molecular weight is 436 g/mol. The molecule has 0 aromatic heterocycles. The number of benzene rings is 2. The first-order chi connectivity index (χ1) is 13.7. The summed E-state index contributed by atoms with van der Waals surface area (Å²) in [5.74, 6) is 1.13. The molecular weight excluding hydrogens is 402 g/mol. The van der Waals surface area contributed by atoms with E-state index >= 15 is 0 Å². The maximum Gasteiger partial charge on any atom is 0.341 e. The summed E-state index contributed by atoms with van der Waals surface area (Å²) in [6.07, 6.45) is 0. The second-order valence-corrected chi connectivity index (χ2v) is 8.15. The summed E-state index contributed by atoms with van der Waals surface area (Å²) in [4.78, 5) is 13.0. The molecule has 2 aromatic carbocycles. The van der Waals surface area contributed by atoms with Crippen LogP contribution in [0.2, 0.25) is 0 Å². The van der Waals surface area contributed by atoms with Crippen molar-refractivity contribution in [2.24, 2.45) is 0 Å². The van der Waals surface area contributed by atoms with Gasteiger partial charge in [-0.15, -0.1) is 12.4 Å². The van der Waals surface area contributed by atoms with Crippen LogP contribution in [-0.4, -0.2) is 49.8 Å². The van der Waals surface area contributed by atoms with Crippen LogP contribution < -0.4 is 9.47 Å². The number of hydrogen-bond acceptors (Lipinski definition) is 4. The third-order valence-electron chi connectivity index (χ3n) is 4.74. The van der Waals surface area contributed by atoms with E-state index in [9.17, 15) is 4.79 Å². The van der Waals surface area contributed by atoms with E-state index < -0.39 is 5.97 Å². The molecule has 0 aliphatic carbocycles. The SMILES string of the molecule is CC(C)c1cc(-c2ccc(OCC(=O)O)c(C(C)C)c2)ccc1OCCN(C)C.Cl. The molecule has 2 aromatic rings. The predicted molar refractivity (Wildman–Crippen MR) is 124 cm³/mol. The van der Waals surface area contributed by atoms with Crippen LogP contribution in [0.3, 0.4) is 0 Å². The molecule has 6 heteroatoms. The van der Waals surface area contributed by atoms with E-state index in [1.807, 2.05) is 32.3 Å². The van der Waals surface area contributed by atoms with Gasteiger partial charge >= 0.3 is 5.97 Å². The number of hydrogen-bond donors (Lipinski definition) is 1. The van der Waals surface area contributed by atoms with Gasteiger partial charge in [0.2, 0.25) is 0 Å². The van der Waals surface area contributed by atoms with Gasteiger partial charge < -0.3 is 19.5 Å². The highest BCUT2D eigenvalue weighted by Crippen LogP contribution is 2.35. The van der Waals surface area contributed by atoms with E-state index in [0.29, 0.717) is 18.3 Å². The Hall–Kier alpha value is -2.24. The number of ether oxygens (including phenoxy) is 2. The van der Waals surface area contributed by atoms with Crippen molar-refractivity contribution in [3.63, 3.8) is 0 Å². The van der Waals surface area contributed by atoms with Crippen molar-refractivity contribution < 1.29 is 19.4 Å². The number of aliphatic carboxylic acids is 1. The summed E-state index contributed by atoms with van der Waals surface area (Å²) in [7, 11) is 4.07. The minimum absolute atomic E-state index is 0. The lowest BCUT2D eigenvalue weighted by Gasteiger charge is -2.18. The highest BCUT2D eigenvalue weighted by atomic mass is 35.5. The molecule has 0 amide bonds. The van der Waals surface area contributed by atoms with Gasteiger partial charge in [-0.3, -0.25) is 0 Å². The Kier molecular flexibility index (Phi) is 10.2. The van der Waals surface area contributed by atoms with E-state index in [4.69, 9.17) is 14.6 Å². The summed E-state index contributed by atoms with van der Waals surface area (Å²) < 4.78 is 11.5. The molecule has 0 aliphatic rings. The molecule has 0 bridgehead atoms. The van der Waals surface area contributed by atoms with Crippen LogP contribution >= 0.6 is 12.4 Å². The number of carboxylic acid groups (broad SMARTS) is 1. The van der Waals surface area contributed by atoms with Crippen molar-refractivity contribution in [1.82, 2.24) is 4.90 Å². The number of likely N-dealkylation sites (N-methyl/N-ethyl adjacent to an activating group) is 1. The molecule has 0 fully saturated rings. The van der Waals surface area contributed by atoms with Crippen molar-refractivity contribution in [1.29, 1.82) is 0 Å². The van der Waals surface area contributed by atoms with Crippen molar-refractivity contribution in [3.05, 3.63) is 47.5 Å². The molecule has 166 valence electrons. The van der Waals surface area contributed by atoms with Gasteiger partial charge in [0.1, 0.15) is 18.1 Å². The Labute approximate surface area is 186 Å². The summed E-state index contributed by atoms with van der Waals surface area (Å²) in [5.41, 5.74) is 4.37. The van der Waals surface area contributed by atoms with Crippen LogP contribution in [0.4, 0.5) is 0 Å². The Morgan fingerprint density at radius 3 is 1.77 bits per heavy atom. The van der Waals surface area contributed by atoms with Crippen LogP contribution in [0, 0.1) is 0 Å². The molecule has 0 spiro atoms. The highest BCUT2D eigenvalue weighted by molar-refractivity contribution is 5.85. The molecule has 2 rings (SSSR count). The topological polar surface area (TPSA) is 59.0 Å². The first-order valence-corrected chi connectivity index (χ1v) is 10.1. The molecule has 0 radical (unpaired) electrons. The van der Waals surface area contributed by atoms with Crippen LogP contribution in [-0.2, 0) is 4.79 Å². The molecule has 0 aliphatic heterocycles. The van der Waals surface area contributed by atoms with Crippen molar-refractivity contribution in [3.8, 4) is 22.6 Å². The second kappa shape index (κ2) is 11.8. The van der Waals surface area contributed by atoms with Crippen LogP contribution in [0.1, 0.15) is 50.7 Å². The molecule has 5 nitrogen and oxygen atoms in total. The van der Waals surface area contributed by atoms with E-state index in [-0.39, 0.29) is 24.9 Å². The highest BCUT2D eigenvalue weighted by Gasteiger charge is 2.14. The lowest BCUT2D eigenvalue weighted by molar-refractivity contribution is -0.139. The lowest BCUT2D eigenvalue weighted by Crippen LogP contribution is -2.19. The summed E-state index contributed by atoms with van der Waals surface area (Å²) in [6, 6.07) is 12.2. The van der Waals surface area contributed by atoms with Crippen LogP contribution in [0.25, 0.3) is 11.1 Å². The molecule has 1 N–H and O–H groups in total. The first-order valence-electron chi connectivity index (χ1n) is 10.1. The van der Waals surface area contributed by atoms with Gasteiger partial charge in [-0.1, -0.05) is 39.8 Å². The Bertz CT molecular complexity index is 834. The number of carboxylic acids is 1. The smallest absolute Gasteiger partial charge is 0.341 e. The maximum atomic E-state index is 10.8. The van der Waals surface area contributed by atoms with E-state index in [1.165, 1.54) is 5.56 Å². The van der Waals surface area contributed by atoms with Crippen molar-refractivity contribution >= 4 is 18.4 Å². The molecule has 0 atom stereocenters. The fourth-order valence-corrected chi connectivity index (χ4v) is 3.10. The summed E-state index contributed by atoms with van der Waals surface area (Å²) in [5, 5.41) is 8.90. The zero-order valence-electron chi connectivity index (χ0n) is 18.8. The zero-order valence-corrected chi connectivity index (χ0v) is 19.6. The largest absolute Gasteiger partial charge is 0.492 e. The van der Waals surface area contributed by atoms with E-state index in [0.717, 1.165) is 29.0 Å². The molecule has 30 heavy (non-hydrogen) atoms. The van der Waals surface area contributed by atoms with Gasteiger partial charge in [-0.2, -0.15) is 0 Å². The summed E-state index contributed by atoms with van der Waals surface area (Å²) >= 11 is 0. The zero-order chi connectivity index (χ0) is 21.6. The van der Waals surface area contributed by atoms with Gasteiger partial charge in [0, 0.05) is 6.54 Å². The molecule has 0 saturated heterocycles. The van der Waals surface area contributed by atoms with Crippen molar-refractivity contribution in [2.45, 2.75) is 39.5 Å². The summed E-state index contributed by atoms with van der Waals surface area (Å²) in [6.45, 7) is 9.67. The number of halogens is 1. The minimum atomic E-state index is -0.977. The fraction of sp³-hybridized carbons (Fsp3) is 0.458. The average Bonchev–Trinajstić information content (AvgIpc) is 2.65. The van der Waals surface area contributed by atoms with Gasteiger partial charge in [0.25, 0.3) is 0 Å². The lowest BCUT2D eigenvalue weighted by atomic mass is 9.93. The maximum absolute atomic E-state index is 10.8. The monoisotopic (exact) mass is 435 g/mol. The normalized spacial score (nSPS) is 11.0. The number of nitrogens with zero attached hydrogens (tertiary/aromatic N) is 1. The van der Waals surface area contributed by atoms with Crippen LogP contribution in [0.5, 0.6) is 11.5 Å². The first kappa shape index (κ1) is 25.8. The fourth-order valence-electron chi connectivity index (χ4n) is 3.10. The number of rotatable bonds is 10. The van der Waals surface area contributed by atoms with E-state index in [1.54, 1.807) is 0 Å². The standard InChI is InChI=1S/C24H33NO4.ClH/c1-16(2)20-13-18(7-9-22(20)28-12-11-25(5)6)19-8-10-23(29-15-24(26)27)21(14-19)17(3)4;/h7-10,13-14,16-17H,11-12,15H2,1-6H3,(H,26,27);1H. The molecular formula is C24H34ClNO4. The Balaban J connectivity index is 0.00000450. The minimum Gasteiger partial charge on any atom is -0.492 e. The van der Waals surface area contributed by atoms with E-state index in [2.05, 4.69) is 50.8 Å². The van der Waals surface area contributed by atoms with Crippen molar-refractivity contribution in [2.75, 3.05) is 33.9 Å². The molecule has 0 saturated carbocycles. The van der Waals surface area contributed by atoms with Gasteiger partial charge in [0.05, 0.1) is 0 Å². The Morgan fingerprint density at radius 1 is 0.900 bits per heavy atom. The predicted octanol–water partition coefficient (Wildman–Crippen LogP) is 5.43. The molecule has 0 unspecified atom stereocenters. The third kappa shape index (κ3) is 7.22. The number of carbonyl (C=O) groups is 1.